The fourth-order valence-electron chi connectivity index (χ4n) is 4.66. The highest BCUT2D eigenvalue weighted by Crippen LogP contribution is 2.26. The van der Waals surface area contributed by atoms with Crippen LogP contribution in [0.15, 0.2) is 79.4 Å². The Morgan fingerprint density at radius 3 is 2.62 bits per heavy atom. The van der Waals surface area contributed by atoms with Gasteiger partial charge in [0.05, 0.1) is 11.9 Å². The number of hydrogen-bond donors (Lipinski definition) is 0. The molecular formula is C27H28N4O. The summed E-state index contributed by atoms with van der Waals surface area (Å²) in [5.41, 5.74) is 4.47. The minimum absolute atomic E-state index is 0.287. The van der Waals surface area contributed by atoms with Gasteiger partial charge in [-0.2, -0.15) is 0 Å². The zero-order chi connectivity index (χ0) is 21.8. The maximum Gasteiger partial charge on any atom is 0.222 e. The van der Waals surface area contributed by atoms with E-state index >= 15 is 0 Å². The molecule has 0 unspecified atom stereocenters. The molecule has 5 heteroatoms. The predicted octanol–water partition coefficient (Wildman–Crippen LogP) is 4.97. The number of piperidine rings is 1. The highest BCUT2D eigenvalue weighted by Gasteiger charge is 2.23. The van der Waals surface area contributed by atoms with E-state index in [-0.39, 0.29) is 5.91 Å². The number of benzene rings is 2. The molecule has 0 atom stereocenters. The zero-order valence-corrected chi connectivity index (χ0v) is 18.2. The van der Waals surface area contributed by atoms with Crippen molar-refractivity contribution in [3.8, 4) is 11.3 Å². The maximum atomic E-state index is 12.6. The lowest BCUT2D eigenvalue weighted by Gasteiger charge is -2.32. The second kappa shape index (κ2) is 9.35. The third-order valence-electron chi connectivity index (χ3n) is 6.52. The molecule has 0 N–H and O–H groups in total. The Morgan fingerprint density at radius 2 is 1.84 bits per heavy atom. The number of aryl methyl sites for hydroxylation is 1. The van der Waals surface area contributed by atoms with Gasteiger partial charge in [-0.25, -0.2) is 0 Å². The Balaban J connectivity index is 1.17. The molecule has 1 aliphatic rings. The standard InChI is InChI=1S/C27H28N4O/c32-27(9-6-21-4-2-1-3-5-21)30-15-10-22(11-16-30)20-31-17-12-24-18-23(7-8-26(24)31)25-19-28-13-14-29-25/h1-5,7-8,12-14,17-19,22H,6,9-11,15-16,20H2. The molecule has 1 aliphatic heterocycles. The minimum atomic E-state index is 0.287. The lowest BCUT2D eigenvalue weighted by atomic mass is 9.96. The van der Waals surface area contributed by atoms with Gasteiger partial charge in [0.2, 0.25) is 5.91 Å². The molecule has 5 rings (SSSR count). The summed E-state index contributed by atoms with van der Waals surface area (Å²) in [6, 6.07) is 18.9. The molecule has 0 saturated carbocycles. The van der Waals surface area contributed by atoms with Crippen LogP contribution < -0.4 is 0 Å². The van der Waals surface area contributed by atoms with Crippen LogP contribution in [0.3, 0.4) is 0 Å². The first-order valence-electron chi connectivity index (χ1n) is 11.4. The van der Waals surface area contributed by atoms with Gasteiger partial charge in [-0.15, -0.1) is 0 Å². The van der Waals surface area contributed by atoms with Crippen LogP contribution in [0.1, 0.15) is 24.8 Å². The summed E-state index contributed by atoms with van der Waals surface area (Å²) in [4.78, 5) is 23.3. The normalized spacial score (nSPS) is 14.7. The van der Waals surface area contributed by atoms with Gasteiger partial charge >= 0.3 is 0 Å². The molecule has 0 radical (unpaired) electrons. The van der Waals surface area contributed by atoms with Gasteiger partial charge in [-0.05, 0) is 48.9 Å². The summed E-state index contributed by atoms with van der Waals surface area (Å²) in [7, 11) is 0. The van der Waals surface area contributed by atoms with E-state index in [4.69, 9.17) is 0 Å². The molecule has 4 aromatic rings. The molecule has 1 fully saturated rings. The lowest BCUT2D eigenvalue weighted by molar-refractivity contribution is -0.132. The minimum Gasteiger partial charge on any atom is -0.347 e. The highest BCUT2D eigenvalue weighted by molar-refractivity contribution is 5.85. The summed E-state index contributed by atoms with van der Waals surface area (Å²) in [5, 5.41) is 1.22. The summed E-state index contributed by atoms with van der Waals surface area (Å²) < 4.78 is 2.35. The van der Waals surface area contributed by atoms with Gasteiger partial charge in [-0.1, -0.05) is 36.4 Å². The monoisotopic (exact) mass is 424 g/mol. The average Bonchev–Trinajstić information content (AvgIpc) is 3.26. The van der Waals surface area contributed by atoms with Crippen LogP contribution in [-0.2, 0) is 17.8 Å². The van der Waals surface area contributed by atoms with E-state index in [1.807, 2.05) is 18.2 Å². The molecule has 162 valence electrons. The van der Waals surface area contributed by atoms with E-state index in [1.165, 1.54) is 16.5 Å². The van der Waals surface area contributed by atoms with E-state index < -0.39 is 0 Å². The van der Waals surface area contributed by atoms with Crippen molar-refractivity contribution < 1.29 is 4.79 Å². The van der Waals surface area contributed by atoms with Gasteiger partial charge < -0.3 is 9.47 Å². The lowest BCUT2D eigenvalue weighted by Crippen LogP contribution is -2.39. The SMILES string of the molecule is O=C(CCc1ccccc1)N1CCC(Cn2ccc3cc(-c4cnccn4)ccc32)CC1. The number of carbonyl (C=O) groups is 1. The molecule has 32 heavy (non-hydrogen) atoms. The number of nitrogens with zero attached hydrogens (tertiary/aromatic N) is 4. The molecular weight excluding hydrogens is 396 g/mol. The molecule has 1 saturated heterocycles. The molecule has 5 nitrogen and oxygen atoms in total. The van der Waals surface area contributed by atoms with E-state index in [9.17, 15) is 4.79 Å². The van der Waals surface area contributed by atoms with Crippen LogP contribution >= 0.6 is 0 Å². The maximum absolute atomic E-state index is 12.6. The third kappa shape index (κ3) is 4.57. The summed E-state index contributed by atoms with van der Waals surface area (Å²) >= 11 is 0. The molecule has 1 amide bonds. The molecule has 0 bridgehead atoms. The van der Waals surface area contributed by atoms with Crippen molar-refractivity contribution in [1.82, 2.24) is 19.4 Å². The first-order valence-corrected chi connectivity index (χ1v) is 11.4. The number of amides is 1. The first-order chi connectivity index (χ1) is 15.8. The third-order valence-corrected chi connectivity index (χ3v) is 6.52. The number of likely N-dealkylation sites (tertiary alicyclic amines) is 1. The number of carbonyl (C=O) groups excluding carboxylic acids is 1. The number of fused-ring (bicyclic) bond motifs is 1. The van der Waals surface area contributed by atoms with Crippen molar-refractivity contribution in [3.63, 3.8) is 0 Å². The molecule has 2 aromatic carbocycles. The smallest absolute Gasteiger partial charge is 0.222 e. The van der Waals surface area contributed by atoms with Crippen LogP contribution in [0.25, 0.3) is 22.2 Å². The second-order valence-corrected chi connectivity index (χ2v) is 8.64. The number of hydrogen-bond acceptors (Lipinski definition) is 3. The largest absolute Gasteiger partial charge is 0.347 e. The molecule has 0 aliphatic carbocycles. The van der Waals surface area contributed by atoms with Gasteiger partial charge in [-0.3, -0.25) is 14.8 Å². The first kappa shape index (κ1) is 20.4. The van der Waals surface area contributed by atoms with E-state index in [0.717, 1.165) is 50.2 Å². The van der Waals surface area contributed by atoms with Crippen molar-refractivity contribution in [1.29, 1.82) is 0 Å². The molecule has 0 spiro atoms. The van der Waals surface area contributed by atoms with Gasteiger partial charge in [0, 0.05) is 61.1 Å². The van der Waals surface area contributed by atoms with Crippen molar-refractivity contribution in [3.05, 3.63) is 84.9 Å². The quantitative estimate of drug-likeness (QED) is 0.439. The van der Waals surface area contributed by atoms with E-state index in [2.05, 4.69) is 62.0 Å². The van der Waals surface area contributed by atoms with E-state index in [1.54, 1.807) is 18.6 Å². The van der Waals surface area contributed by atoms with Crippen LogP contribution in [0.2, 0.25) is 0 Å². The van der Waals surface area contributed by atoms with Crippen LogP contribution in [0, 0.1) is 5.92 Å². The second-order valence-electron chi connectivity index (χ2n) is 8.64. The molecule has 3 heterocycles. The van der Waals surface area contributed by atoms with Crippen LogP contribution in [-0.4, -0.2) is 38.4 Å². The Bertz CT molecular complexity index is 1180. The van der Waals surface area contributed by atoms with Crippen molar-refractivity contribution in [2.24, 2.45) is 5.92 Å². The average molecular weight is 425 g/mol. The summed E-state index contributed by atoms with van der Waals surface area (Å²) in [5.74, 6) is 0.888. The Kier molecular flexibility index (Phi) is 5.97. The Morgan fingerprint density at radius 1 is 1.00 bits per heavy atom. The Hall–Kier alpha value is -3.47. The van der Waals surface area contributed by atoms with Gasteiger partial charge in [0.1, 0.15) is 0 Å². The molecule has 2 aromatic heterocycles. The number of rotatable bonds is 6. The topological polar surface area (TPSA) is 51.0 Å². The van der Waals surface area contributed by atoms with Crippen molar-refractivity contribution in [2.75, 3.05) is 13.1 Å². The van der Waals surface area contributed by atoms with Crippen molar-refractivity contribution in [2.45, 2.75) is 32.2 Å². The number of aromatic nitrogens is 3. The highest BCUT2D eigenvalue weighted by atomic mass is 16.2. The fraction of sp³-hybridized carbons (Fsp3) is 0.296. The van der Waals surface area contributed by atoms with Crippen molar-refractivity contribution >= 4 is 16.8 Å². The van der Waals surface area contributed by atoms with E-state index in [0.29, 0.717) is 12.3 Å². The zero-order valence-electron chi connectivity index (χ0n) is 18.2. The summed E-state index contributed by atoms with van der Waals surface area (Å²) in [6.45, 7) is 2.74. The van der Waals surface area contributed by atoms with Gasteiger partial charge in [0.15, 0.2) is 0 Å². The predicted molar refractivity (Wildman–Crippen MR) is 127 cm³/mol. The van der Waals surface area contributed by atoms with Gasteiger partial charge in [0.25, 0.3) is 0 Å². The van der Waals surface area contributed by atoms with Crippen LogP contribution in [0.5, 0.6) is 0 Å². The summed E-state index contributed by atoms with van der Waals surface area (Å²) in [6.07, 6.45) is 11.0. The fourth-order valence-corrected chi connectivity index (χ4v) is 4.66. The van der Waals surface area contributed by atoms with Crippen LogP contribution in [0.4, 0.5) is 0 Å². The Labute approximate surface area is 188 Å².